The summed E-state index contributed by atoms with van der Waals surface area (Å²) >= 11 is 0. The topological polar surface area (TPSA) is 50.3 Å². The Morgan fingerprint density at radius 3 is 2.64 bits per heavy atom. The van der Waals surface area contributed by atoms with Crippen molar-refractivity contribution in [3.8, 4) is 0 Å². The lowest BCUT2D eigenvalue weighted by Crippen LogP contribution is -2.48. The number of hydrogen-bond acceptors (Lipinski definition) is 3. The van der Waals surface area contributed by atoms with Crippen LogP contribution in [-0.2, 0) is 11.2 Å². The first-order chi connectivity index (χ1) is 13.5. The van der Waals surface area contributed by atoms with Crippen LogP contribution in [0.15, 0.2) is 36.7 Å². The van der Waals surface area contributed by atoms with Gasteiger partial charge in [0.15, 0.2) is 5.78 Å². The maximum Gasteiger partial charge on any atom is 0.227 e. The number of carbonyl (C=O) groups is 2. The second-order valence-electron chi connectivity index (χ2n) is 8.30. The zero-order valence-corrected chi connectivity index (χ0v) is 16.8. The predicted molar refractivity (Wildman–Crippen MR) is 110 cm³/mol. The van der Waals surface area contributed by atoms with Crippen molar-refractivity contribution in [2.24, 2.45) is 0 Å². The molecule has 1 amide bonds. The largest absolute Gasteiger partial charge is 0.332 e. The molecule has 2 aliphatic rings. The highest BCUT2D eigenvalue weighted by Gasteiger charge is 2.35. The third-order valence-corrected chi connectivity index (χ3v) is 6.19. The van der Waals surface area contributed by atoms with Crippen molar-refractivity contribution < 1.29 is 9.59 Å². The maximum atomic E-state index is 13.4. The lowest BCUT2D eigenvalue weighted by atomic mass is 9.91. The third kappa shape index (κ3) is 3.87. The van der Waals surface area contributed by atoms with Gasteiger partial charge in [0.05, 0.1) is 12.5 Å². The first kappa shape index (κ1) is 18.9. The van der Waals surface area contributed by atoms with Crippen LogP contribution in [-0.4, -0.2) is 34.2 Å². The van der Waals surface area contributed by atoms with E-state index in [9.17, 15) is 9.59 Å². The van der Waals surface area contributed by atoms with Gasteiger partial charge in [-0.15, -0.1) is 0 Å². The fraction of sp³-hybridized carbons (Fsp3) is 0.458. The number of hydrogen-bond donors (Lipinski definition) is 0. The predicted octanol–water partition coefficient (Wildman–Crippen LogP) is 4.38. The molecule has 4 rings (SSSR count). The highest BCUT2D eigenvalue weighted by Crippen LogP contribution is 2.42. The Hall–Kier alpha value is -2.49. The molecule has 1 unspecified atom stereocenters. The Morgan fingerprint density at radius 1 is 1.07 bits per heavy atom. The molecule has 2 heterocycles. The fourth-order valence-corrected chi connectivity index (χ4v) is 4.23. The van der Waals surface area contributed by atoms with E-state index in [0.29, 0.717) is 18.9 Å². The first-order valence-corrected chi connectivity index (χ1v) is 10.4. The number of nitrogens with zero attached hydrogens (tertiary/aromatic N) is 2. The summed E-state index contributed by atoms with van der Waals surface area (Å²) < 4.78 is 0. The van der Waals surface area contributed by atoms with Crippen LogP contribution in [0.1, 0.15) is 70.6 Å². The molecule has 4 nitrogen and oxygen atoms in total. The molecule has 1 saturated carbocycles. The molecule has 1 atom stereocenters. The number of rotatable bonds is 5. The molecule has 2 aromatic rings. The van der Waals surface area contributed by atoms with Crippen LogP contribution in [0, 0.1) is 13.8 Å². The van der Waals surface area contributed by atoms with Crippen LogP contribution < -0.4 is 0 Å². The van der Waals surface area contributed by atoms with E-state index < -0.39 is 0 Å². The van der Waals surface area contributed by atoms with Crippen molar-refractivity contribution in [2.45, 2.75) is 64.3 Å². The fourth-order valence-electron chi connectivity index (χ4n) is 4.23. The van der Waals surface area contributed by atoms with Gasteiger partial charge in [-0.2, -0.15) is 0 Å². The van der Waals surface area contributed by atoms with Gasteiger partial charge < -0.3 is 4.90 Å². The van der Waals surface area contributed by atoms with Gasteiger partial charge in [-0.3, -0.25) is 14.6 Å². The van der Waals surface area contributed by atoms with Crippen LogP contribution >= 0.6 is 0 Å². The van der Waals surface area contributed by atoms with Gasteiger partial charge in [0.1, 0.15) is 0 Å². The van der Waals surface area contributed by atoms with E-state index in [0.717, 1.165) is 48.8 Å². The number of ketones is 1. The highest BCUT2D eigenvalue weighted by molar-refractivity contribution is 6.03. The molecule has 1 aliphatic carbocycles. The van der Waals surface area contributed by atoms with Gasteiger partial charge in [-0.05, 0) is 80.2 Å². The molecule has 0 spiro atoms. The molecule has 1 aliphatic heterocycles. The minimum atomic E-state index is -0.352. The standard InChI is InChI=1S/C24H28N2O2/c1-16-6-7-18(13-17(16)2)14-23(27)26-12-4-3-5-22(26)24(28)21-15-25-11-10-20(21)19-8-9-19/h6-7,10-11,13,15,19,22H,3-5,8-9,12,14H2,1-2H3. The van der Waals surface area contributed by atoms with Crippen molar-refractivity contribution in [1.82, 2.24) is 9.88 Å². The van der Waals surface area contributed by atoms with E-state index >= 15 is 0 Å². The second-order valence-corrected chi connectivity index (χ2v) is 8.30. The van der Waals surface area contributed by atoms with E-state index in [1.165, 1.54) is 11.1 Å². The maximum absolute atomic E-state index is 13.4. The number of carbonyl (C=O) groups excluding carboxylic acids is 2. The molecule has 2 fully saturated rings. The Bertz CT molecular complexity index is 901. The number of Topliss-reactive ketones (excluding diaryl/α,β-unsaturated/α-hetero) is 1. The lowest BCUT2D eigenvalue weighted by Gasteiger charge is -2.35. The summed E-state index contributed by atoms with van der Waals surface area (Å²) in [5, 5.41) is 0. The van der Waals surface area contributed by atoms with Crippen molar-refractivity contribution in [3.63, 3.8) is 0 Å². The Labute approximate surface area is 167 Å². The average Bonchev–Trinajstić information content (AvgIpc) is 3.55. The molecule has 28 heavy (non-hydrogen) atoms. The van der Waals surface area contributed by atoms with Gasteiger partial charge in [0, 0.05) is 24.5 Å². The van der Waals surface area contributed by atoms with Gasteiger partial charge in [-0.25, -0.2) is 0 Å². The van der Waals surface area contributed by atoms with Gasteiger partial charge >= 0.3 is 0 Å². The van der Waals surface area contributed by atoms with E-state index in [2.05, 4.69) is 31.0 Å². The van der Waals surface area contributed by atoms with Crippen LogP contribution in [0.4, 0.5) is 0 Å². The minimum Gasteiger partial charge on any atom is -0.332 e. The van der Waals surface area contributed by atoms with Crippen molar-refractivity contribution in [1.29, 1.82) is 0 Å². The molecule has 146 valence electrons. The number of likely N-dealkylation sites (tertiary alicyclic amines) is 1. The van der Waals surface area contributed by atoms with E-state index in [-0.39, 0.29) is 17.7 Å². The summed E-state index contributed by atoms with van der Waals surface area (Å²) in [5.74, 6) is 0.617. The summed E-state index contributed by atoms with van der Waals surface area (Å²) in [4.78, 5) is 32.5. The number of pyridine rings is 1. The zero-order chi connectivity index (χ0) is 19.7. The summed E-state index contributed by atoms with van der Waals surface area (Å²) in [6.45, 7) is 4.81. The van der Waals surface area contributed by atoms with E-state index in [4.69, 9.17) is 0 Å². The average molecular weight is 377 g/mol. The molecule has 4 heteroatoms. The number of piperidine rings is 1. The van der Waals surface area contributed by atoms with E-state index in [1.54, 1.807) is 12.4 Å². The highest BCUT2D eigenvalue weighted by atomic mass is 16.2. The molecule has 1 aromatic heterocycles. The molecule has 0 bridgehead atoms. The van der Waals surface area contributed by atoms with Crippen LogP contribution in [0.5, 0.6) is 0 Å². The number of aromatic nitrogens is 1. The first-order valence-electron chi connectivity index (χ1n) is 10.4. The zero-order valence-electron chi connectivity index (χ0n) is 16.8. The van der Waals surface area contributed by atoms with Crippen LogP contribution in [0.3, 0.4) is 0 Å². The third-order valence-electron chi connectivity index (χ3n) is 6.19. The van der Waals surface area contributed by atoms with Crippen LogP contribution in [0.2, 0.25) is 0 Å². The normalized spacial score (nSPS) is 19.5. The smallest absolute Gasteiger partial charge is 0.227 e. The van der Waals surface area contributed by atoms with Gasteiger partial charge in [-0.1, -0.05) is 18.2 Å². The summed E-state index contributed by atoms with van der Waals surface area (Å²) in [6, 6.07) is 7.80. The monoisotopic (exact) mass is 376 g/mol. The molecule has 0 N–H and O–H groups in total. The summed E-state index contributed by atoms with van der Waals surface area (Å²) in [7, 11) is 0. The van der Waals surface area contributed by atoms with Crippen molar-refractivity contribution >= 4 is 11.7 Å². The second kappa shape index (κ2) is 7.86. The molecular weight excluding hydrogens is 348 g/mol. The molecule has 1 aromatic carbocycles. The molecule has 1 saturated heterocycles. The minimum absolute atomic E-state index is 0.0539. The quantitative estimate of drug-likeness (QED) is 0.728. The molecular formula is C24H28N2O2. The Morgan fingerprint density at radius 2 is 1.89 bits per heavy atom. The lowest BCUT2D eigenvalue weighted by molar-refractivity contribution is -0.133. The van der Waals surface area contributed by atoms with Crippen molar-refractivity contribution in [2.75, 3.05) is 6.54 Å². The van der Waals surface area contributed by atoms with Gasteiger partial charge in [0.25, 0.3) is 0 Å². The Balaban J connectivity index is 1.55. The Kier molecular flexibility index (Phi) is 5.29. The number of amides is 1. The molecule has 0 radical (unpaired) electrons. The van der Waals surface area contributed by atoms with Crippen LogP contribution in [0.25, 0.3) is 0 Å². The number of benzene rings is 1. The SMILES string of the molecule is Cc1ccc(CC(=O)N2CCCCC2C(=O)c2cnccc2C2CC2)cc1C. The van der Waals surface area contributed by atoms with Crippen molar-refractivity contribution in [3.05, 3.63) is 64.5 Å². The van der Waals surface area contributed by atoms with E-state index in [1.807, 2.05) is 17.0 Å². The number of aryl methyl sites for hydroxylation is 2. The summed E-state index contributed by atoms with van der Waals surface area (Å²) in [5.41, 5.74) is 5.28. The van der Waals surface area contributed by atoms with Gasteiger partial charge in [0.2, 0.25) is 5.91 Å². The summed E-state index contributed by atoms with van der Waals surface area (Å²) in [6.07, 6.45) is 8.82.